The monoisotopic (exact) mass is 277 g/mol. The summed E-state index contributed by atoms with van der Waals surface area (Å²) in [7, 11) is -0.791. The van der Waals surface area contributed by atoms with E-state index in [-0.39, 0.29) is 0 Å². The predicted molar refractivity (Wildman–Crippen MR) is 80.0 cm³/mol. The fourth-order valence-electron chi connectivity index (χ4n) is 3.30. The van der Waals surface area contributed by atoms with Crippen LogP contribution in [0.5, 0.6) is 0 Å². The third-order valence-corrected chi connectivity index (χ3v) is 5.81. The quantitative estimate of drug-likeness (QED) is 0.920. The first-order valence-corrected chi connectivity index (χ1v) is 8.89. The highest BCUT2D eigenvalue weighted by Gasteiger charge is 2.25. The summed E-state index contributed by atoms with van der Waals surface area (Å²) in [6.45, 7) is 3.25. The zero-order chi connectivity index (χ0) is 13.2. The zero-order valence-corrected chi connectivity index (χ0v) is 12.5. The van der Waals surface area contributed by atoms with Crippen LogP contribution in [0.25, 0.3) is 0 Å². The van der Waals surface area contributed by atoms with Gasteiger partial charge in [0.15, 0.2) is 0 Å². The lowest BCUT2D eigenvalue weighted by atomic mass is 9.98. The average Bonchev–Trinajstić information content (AvgIpc) is 2.82. The first-order chi connectivity index (χ1) is 9.29. The molecule has 1 N–H and O–H groups in total. The van der Waals surface area contributed by atoms with Crippen LogP contribution < -0.4 is 5.32 Å². The minimum absolute atomic E-state index is 0.410. The SMILES string of the molecule is CCCNC1CCCS(=O)c2cc3c(cc21)CCC3. The van der Waals surface area contributed by atoms with E-state index in [0.717, 1.165) is 36.5 Å². The second kappa shape index (κ2) is 5.76. The second-order valence-corrected chi connectivity index (χ2v) is 7.25. The summed E-state index contributed by atoms with van der Waals surface area (Å²) in [5.74, 6) is 0.829. The van der Waals surface area contributed by atoms with E-state index in [1.807, 2.05) is 0 Å². The third-order valence-electron chi connectivity index (χ3n) is 4.31. The van der Waals surface area contributed by atoms with Crippen LogP contribution in [0.4, 0.5) is 0 Å². The van der Waals surface area contributed by atoms with E-state index in [9.17, 15) is 4.21 Å². The Morgan fingerprint density at radius 2 is 2.05 bits per heavy atom. The Bertz CT molecular complexity index is 498. The van der Waals surface area contributed by atoms with Crippen LogP contribution in [0.15, 0.2) is 17.0 Å². The molecule has 0 radical (unpaired) electrons. The van der Waals surface area contributed by atoms with Crippen LogP contribution in [-0.2, 0) is 23.6 Å². The van der Waals surface area contributed by atoms with Crippen molar-refractivity contribution < 1.29 is 4.21 Å². The van der Waals surface area contributed by atoms with Crippen LogP contribution in [0, 0.1) is 0 Å². The van der Waals surface area contributed by atoms with Gasteiger partial charge in [-0.15, -0.1) is 0 Å². The van der Waals surface area contributed by atoms with Crippen LogP contribution in [0.3, 0.4) is 0 Å². The Hall–Kier alpha value is -0.670. The van der Waals surface area contributed by atoms with E-state index in [2.05, 4.69) is 24.4 Å². The number of hydrogen-bond acceptors (Lipinski definition) is 2. The molecule has 2 unspecified atom stereocenters. The van der Waals surface area contributed by atoms with Crippen molar-refractivity contribution in [2.45, 2.75) is 56.4 Å². The van der Waals surface area contributed by atoms with E-state index < -0.39 is 10.8 Å². The van der Waals surface area contributed by atoms with Crippen LogP contribution >= 0.6 is 0 Å². The zero-order valence-electron chi connectivity index (χ0n) is 11.7. The second-order valence-electron chi connectivity index (χ2n) is 5.71. The van der Waals surface area contributed by atoms with Crippen molar-refractivity contribution in [3.8, 4) is 0 Å². The van der Waals surface area contributed by atoms with Crippen molar-refractivity contribution in [1.82, 2.24) is 5.32 Å². The highest BCUT2D eigenvalue weighted by atomic mass is 32.2. The van der Waals surface area contributed by atoms with E-state index in [1.165, 1.54) is 36.0 Å². The van der Waals surface area contributed by atoms with E-state index >= 15 is 0 Å². The highest BCUT2D eigenvalue weighted by molar-refractivity contribution is 7.85. The van der Waals surface area contributed by atoms with Gasteiger partial charge in [0.25, 0.3) is 0 Å². The molecule has 0 spiro atoms. The Morgan fingerprint density at radius 1 is 1.26 bits per heavy atom. The Labute approximate surface area is 118 Å². The molecule has 1 heterocycles. The van der Waals surface area contributed by atoms with Gasteiger partial charge in [-0.25, -0.2) is 0 Å². The summed E-state index contributed by atoms with van der Waals surface area (Å²) in [6, 6.07) is 5.01. The normalized spacial score (nSPS) is 25.7. The number of benzene rings is 1. The third kappa shape index (κ3) is 2.63. The first kappa shape index (κ1) is 13.3. The maximum atomic E-state index is 12.4. The van der Waals surface area contributed by atoms with Gasteiger partial charge in [0, 0.05) is 16.7 Å². The number of nitrogens with one attached hydrogen (secondary N) is 1. The standard InChI is InChI=1S/C16H23NOS/c1-2-8-17-15-7-4-9-19(18)16-11-13-6-3-5-12(13)10-14(15)16/h10-11,15,17H,2-9H2,1H3. The van der Waals surface area contributed by atoms with Crippen molar-refractivity contribution >= 4 is 10.8 Å². The minimum atomic E-state index is -0.791. The lowest BCUT2D eigenvalue weighted by molar-refractivity contribution is 0.493. The van der Waals surface area contributed by atoms with Crippen molar-refractivity contribution in [1.29, 1.82) is 0 Å². The Kier molecular flexibility index (Phi) is 4.04. The molecular formula is C16H23NOS. The maximum Gasteiger partial charge on any atom is 0.0533 e. The molecule has 3 rings (SSSR count). The predicted octanol–water partition coefficient (Wildman–Crippen LogP) is 3.12. The van der Waals surface area contributed by atoms with Crippen molar-refractivity contribution in [2.24, 2.45) is 0 Å². The molecule has 19 heavy (non-hydrogen) atoms. The molecule has 0 fully saturated rings. The summed E-state index contributed by atoms with van der Waals surface area (Å²) in [6.07, 6.45) is 6.98. The van der Waals surface area contributed by atoms with Crippen molar-refractivity contribution in [2.75, 3.05) is 12.3 Å². The van der Waals surface area contributed by atoms with Gasteiger partial charge >= 0.3 is 0 Å². The summed E-state index contributed by atoms with van der Waals surface area (Å²) < 4.78 is 12.4. The first-order valence-electron chi connectivity index (χ1n) is 7.57. The van der Waals surface area contributed by atoms with E-state index in [4.69, 9.17) is 0 Å². The van der Waals surface area contributed by atoms with Gasteiger partial charge < -0.3 is 5.32 Å². The average molecular weight is 277 g/mol. The van der Waals surface area contributed by atoms with Crippen LogP contribution in [-0.4, -0.2) is 16.5 Å². The molecule has 3 heteroatoms. The molecule has 0 aromatic heterocycles. The Morgan fingerprint density at radius 3 is 2.84 bits per heavy atom. The number of aryl methyl sites for hydroxylation is 2. The summed E-state index contributed by atoms with van der Waals surface area (Å²) in [5.41, 5.74) is 4.27. The molecule has 0 saturated carbocycles. The molecule has 1 aromatic carbocycles. The van der Waals surface area contributed by atoms with Gasteiger partial charge in [0.2, 0.25) is 0 Å². The summed E-state index contributed by atoms with van der Waals surface area (Å²) in [4.78, 5) is 1.12. The molecule has 1 aliphatic heterocycles. The number of hydrogen-bond donors (Lipinski definition) is 1. The molecular weight excluding hydrogens is 254 g/mol. The fourth-order valence-corrected chi connectivity index (χ4v) is 4.69. The van der Waals surface area contributed by atoms with Gasteiger partial charge in [0.05, 0.1) is 10.8 Å². The molecule has 1 aromatic rings. The van der Waals surface area contributed by atoms with Crippen molar-refractivity contribution in [3.05, 3.63) is 28.8 Å². The van der Waals surface area contributed by atoms with Crippen molar-refractivity contribution in [3.63, 3.8) is 0 Å². The smallest absolute Gasteiger partial charge is 0.0533 e. The van der Waals surface area contributed by atoms with Crippen LogP contribution in [0.1, 0.15) is 55.3 Å². The molecule has 1 aliphatic carbocycles. The highest BCUT2D eigenvalue weighted by Crippen LogP contribution is 2.34. The number of rotatable bonds is 3. The maximum absolute atomic E-state index is 12.4. The molecule has 2 aliphatic rings. The minimum Gasteiger partial charge on any atom is -0.310 e. The van der Waals surface area contributed by atoms with Gasteiger partial charge in [-0.2, -0.15) is 0 Å². The fraction of sp³-hybridized carbons (Fsp3) is 0.625. The Balaban J connectivity index is 2.00. The lowest BCUT2D eigenvalue weighted by Crippen LogP contribution is -2.22. The molecule has 104 valence electrons. The molecule has 0 bridgehead atoms. The van der Waals surface area contributed by atoms with Gasteiger partial charge in [-0.3, -0.25) is 4.21 Å². The van der Waals surface area contributed by atoms with Gasteiger partial charge in [-0.05, 0) is 67.8 Å². The molecule has 2 nitrogen and oxygen atoms in total. The number of fused-ring (bicyclic) bond motifs is 2. The van der Waals surface area contributed by atoms with Gasteiger partial charge in [-0.1, -0.05) is 13.0 Å². The van der Waals surface area contributed by atoms with Crippen LogP contribution in [0.2, 0.25) is 0 Å². The molecule has 0 amide bonds. The van der Waals surface area contributed by atoms with E-state index in [1.54, 1.807) is 0 Å². The topological polar surface area (TPSA) is 29.1 Å². The molecule has 0 saturated heterocycles. The van der Waals surface area contributed by atoms with Gasteiger partial charge in [0.1, 0.15) is 0 Å². The molecule has 2 atom stereocenters. The largest absolute Gasteiger partial charge is 0.310 e. The van der Waals surface area contributed by atoms with E-state index in [0.29, 0.717) is 6.04 Å². The summed E-state index contributed by atoms with van der Waals surface area (Å²) in [5, 5.41) is 3.64. The summed E-state index contributed by atoms with van der Waals surface area (Å²) >= 11 is 0. The lowest BCUT2D eigenvalue weighted by Gasteiger charge is -2.20.